The molecule has 3 aromatic carbocycles. The molecule has 134 valence electrons. The maximum atomic E-state index is 12.6. The van der Waals surface area contributed by atoms with Crippen LogP contribution in [0.15, 0.2) is 72.8 Å². The molecule has 3 heteroatoms. The Bertz CT molecular complexity index is 876. The molecule has 0 saturated heterocycles. The first-order valence-corrected chi connectivity index (χ1v) is 9.08. The van der Waals surface area contributed by atoms with Crippen LogP contribution < -0.4 is 5.32 Å². The summed E-state index contributed by atoms with van der Waals surface area (Å²) in [5.74, 6) is 0.0460. The van der Waals surface area contributed by atoms with E-state index in [1.807, 2.05) is 51.2 Å². The summed E-state index contributed by atoms with van der Waals surface area (Å²) in [6.07, 6.45) is 0. The normalized spacial score (nSPS) is 13.5. The fourth-order valence-corrected chi connectivity index (χ4v) is 3.12. The minimum Gasteiger partial charge on any atom is -0.348 e. The lowest BCUT2D eigenvalue weighted by Crippen LogP contribution is -2.43. The minimum absolute atomic E-state index is 0.000203. The number of likely N-dealkylation sites (N-methyl/N-ethyl adjacent to an activating group) is 1. The van der Waals surface area contributed by atoms with Crippen LogP contribution in [0, 0.1) is 0 Å². The molecule has 0 heterocycles. The lowest BCUT2D eigenvalue weighted by Gasteiger charge is -2.26. The smallest absolute Gasteiger partial charge is 0.237 e. The first kappa shape index (κ1) is 18.2. The van der Waals surface area contributed by atoms with E-state index in [0.717, 1.165) is 12.1 Å². The van der Waals surface area contributed by atoms with E-state index < -0.39 is 0 Å². The Balaban J connectivity index is 1.62. The van der Waals surface area contributed by atoms with Gasteiger partial charge in [-0.05, 0) is 48.9 Å². The molecule has 0 saturated carbocycles. The van der Waals surface area contributed by atoms with E-state index in [4.69, 9.17) is 0 Å². The van der Waals surface area contributed by atoms with Crippen molar-refractivity contribution in [1.29, 1.82) is 0 Å². The molecule has 0 spiro atoms. The van der Waals surface area contributed by atoms with Crippen molar-refractivity contribution in [3.05, 3.63) is 83.9 Å². The van der Waals surface area contributed by atoms with E-state index in [2.05, 4.69) is 52.7 Å². The van der Waals surface area contributed by atoms with Gasteiger partial charge in [-0.15, -0.1) is 0 Å². The SMILES string of the molecule is C[C@H](NC(=O)[C@H](C)N(C)Cc1ccc2ccccc2c1)c1ccccc1. The third-order valence-corrected chi connectivity index (χ3v) is 4.94. The van der Waals surface area contributed by atoms with Gasteiger partial charge in [-0.2, -0.15) is 0 Å². The summed E-state index contributed by atoms with van der Waals surface area (Å²) in [5.41, 5.74) is 2.33. The number of nitrogens with zero attached hydrogens (tertiary/aromatic N) is 1. The van der Waals surface area contributed by atoms with Gasteiger partial charge < -0.3 is 5.32 Å². The fraction of sp³-hybridized carbons (Fsp3) is 0.261. The van der Waals surface area contributed by atoms with Crippen LogP contribution in [-0.2, 0) is 11.3 Å². The monoisotopic (exact) mass is 346 g/mol. The van der Waals surface area contributed by atoms with Crippen LogP contribution in [0.2, 0.25) is 0 Å². The molecule has 0 aliphatic rings. The van der Waals surface area contributed by atoms with Gasteiger partial charge in [0.05, 0.1) is 12.1 Å². The molecule has 3 aromatic rings. The highest BCUT2D eigenvalue weighted by molar-refractivity contribution is 5.83. The second-order valence-electron chi connectivity index (χ2n) is 6.91. The van der Waals surface area contributed by atoms with Crippen molar-refractivity contribution in [1.82, 2.24) is 10.2 Å². The first-order chi connectivity index (χ1) is 12.5. The standard InChI is InChI=1S/C23H26N2O/c1-17(20-9-5-4-6-10-20)24-23(26)18(2)25(3)16-19-13-14-21-11-7-8-12-22(21)15-19/h4-15,17-18H,16H2,1-3H3,(H,24,26)/t17-,18-/m0/s1. The molecule has 1 N–H and O–H groups in total. The highest BCUT2D eigenvalue weighted by atomic mass is 16.2. The molecule has 3 nitrogen and oxygen atoms in total. The van der Waals surface area contributed by atoms with Crippen LogP contribution >= 0.6 is 0 Å². The van der Waals surface area contributed by atoms with Gasteiger partial charge in [-0.1, -0.05) is 66.7 Å². The summed E-state index contributed by atoms with van der Waals surface area (Å²) in [6.45, 7) is 4.70. The van der Waals surface area contributed by atoms with Gasteiger partial charge in [0.2, 0.25) is 5.91 Å². The van der Waals surface area contributed by atoms with E-state index in [-0.39, 0.29) is 18.0 Å². The quantitative estimate of drug-likeness (QED) is 0.711. The van der Waals surface area contributed by atoms with Gasteiger partial charge in [0.25, 0.3) is 0 Å². The summed E-state index contributed by atoms with van der Waals surface area (Å²) in [7, 11) is 1.99. The van der Waals surface area contributed by atoms with Crippen LogP contribution in [-0.4, -0.2) is 23.9 Å². The van der Waals surface area contributed by atoms with Crippen LogP contribution in [0.25, 0.3) is 10.8 Å². The van der Waals surface area contributed by atoms with Crippen molar-refractivity contribution in [2.45, 2.75) is 32.5 Å². The average Bonchev–Trinajstić information content (AvgIpc) is 2.67. The van der Waals surface area contributed by atoms with Gasteiger partial charge >= 0.3 is 0 Å². The van der Waals surface area contributed by atoms with Gasteiger partial charge in [0.1, 0.15) is 0 Å². The van der Waals surface area contributed by atoms with Gasteiger partial charge in [-0.3, -0.25) is 9.69 Å². The number of nitrogens with one attached hydrogen (secondary N) is 1. The number of hydrogen-bond donors (Lipinski definition) is 1. The molecular formula is C23H26N2O. The molecule has 0 aliphatic carbocycles. The fourth-order valence-electron chi connectivity index (χ4n) is 3.12. The third kappa shape index (κ3) is 4.30. The van der Waals surface area contributed by atoms with Crippen molar-refractivity contribution in [3.8, 4) is 0 Å². The molecule has 2 atom stereocenters. The molecule has 0 radical (unpaired) electrons. The Kier molecular flexibility index (Phi) is 5.69. The highest BCUT2D eigenvalue weighted by Crippen LogP contribution is 2.17. The highest BCUT2D eigenvalue weighted by Gasteiger charge is 2.20. The Morgan fingerprint density at radius 3 is 2.31 bits per heavy atom. The van der Waals surface area contributed by atoms with E-state index in [0.29, 0.717) is 0 Å². The molecule has 1 amide bonds. The summed E-state index contributed by atoms with van der Waals surface area (Å²) < 4.78 is 0. The van der Waals surface area contributed by atoms with Crippen molar-refractivity contribution in [2.24, 2.45) is 0 Å². The Hall–Kier alpha value is -2.65. The predicted molar refractivity (Wildman–Crippen MR) is 108 cm³/mol. The summed E-state index contributed by atoms with van der Waals surface area (Å²) >= 11 is 0. The number of carbonyl (C=O) groups is 1. The topological polar surface area (TPSA) is 32.3 Å². The summed E-state index contributed by atoms with van der Waals surface area (Å²) in [4.78, 5) is 14.7. The van der Waals surface area contributed by atoms with Crippen LogP contribution in [0.3, 0.4) is 0 Å². The van der Waals surface area contributed by atoms with E-state index in [1.165, 1.54) is 16.3 Å². The number of rotatable bonds is 6. The Morgan fingerprint density at radius 1 is 0.923 bits per heavy atom. The lowest BCUT2D eigenvalue weighted by molar-refractivity contribution is -0.126. The summed E-state index contributed by atoms with van der Waals surface area (Å²) in [6, 6.07) is 24.7. The number of benzene rings is 3. The lowest BCUT2D eigenvalue weighted by atomic mass is 10.1. The molecule has 0 fully saturated rings. The zero-order valence-electron chi connectivity index (χ0n) is 15.6. The van der Waals surface area contributed by atoms with Crippen LogP contribution in [0.4, 0.5) is 0 Å². The molecule has 0 aromatic heterocycles. The van der Waals surface area contributed by atoms with Crippen molar-refractivity contribution in [2.75, 3.05) is 7.05 Å². The van der Waals surface area contributed by atoms with Crippen molar-refractivity contribution < 1.29 is 4.79 Å². The summed E-state index contributed by atoms with van der Waals surface area (Å²) in [5, 5.41) is 5.58. The number of carbonyl (C=O) groups excluding carboxylic acids is 1. The first-order valence-electron chi connectivity index (χ1n) is 9.08. The number of fused-ring (bicyclic) bond motifs is 1. The maximum absolute atomic E-state index is 12.6. The third-order valence-electron chi connectivity index (χ3n) is 4.94. The minimum atomic E-state index is -0.201. The second kappa shape index (κ2) is 8.15. The van der Waals surface area contributed by atoms with Crippen molar-refractivity contribution >= 4 is 16.7 Å². The maximum Gasteiger partial charge on any atom is 0.237 e. The predicted octanol–water partition coefficient (Wildman–Crippen LogP) is 4.54. The van der Waals surface area contributed by atoms with Crippen LogP contribution in [0.5, 0.6) is 0 Å². The van der Waals surface area contributed by atoms with E-state index >= 15 is 0 Å². The van der Waals surface area contributed by atoms with Gasteiger partial charge in [0, 0.05) is 6.54 Å². The number of hydrogen-bond acceptors (Lipinski definition) is 2. The largest absolute Gasteiger partial charge is 0.348 e. The molecular weight excluding hydrogens is 320 g/mol. The van der Waals surface area contributed by atoms with Crippen LogP contribution in [0.1, 0.15) is 31.0 Å². The Morgan fingerprint density at radius 2 is 1.58 bits per heavy atom. The molecule has 0 unspecified atom stereocenters. The van der Waals surface area contributed by atoms with Gasteiger partial charge in [-0.25, -0.2) is 0 Å². The average molecular weight is 346 g/mol. The van der Waals surface area contributed by atoms with Crippen molar-refractivity contribution in [3.63, 3.8) is 0 Å². The molecule has 0 aliphatic heterocycles. The molecule has 3 rings (SSSR count). The van der Waals surface area contributed by atoms with E-state index in [1.54, 1.807) is 0 Å². The molecule has 0 bridgehead atoms. The van der Waals surface area contributed by atoms with Gasteiger partial charge in [0.15, 0.2) is 0 Å². The Labute approximate surface area is 155 Å². The zero-order valence-corrected chi connectivity index (χ0v) is 15.6. The zero-order chi connectivity index (χ0) is 18.5. The number of amides is 1. The second-order valence-corrected chi connectivity index (χ2v) is 6.91. The van der Waals surface area contributed by atoms with E-state index in [9.17, 15) is 4.79 Å². The molecule has 26 heavy (non-hydrogen) atoms.